The van der Waals surface area contributed by atoms with Crippen LogP contribution >= 0.6 is 0 Å². The molecule has 0 aromatic carbocycles. The Morgan fingerprint density at radius 3 is 0.857 bits per heavy atom. The first-order valence-corrected chi connectivity index (χ1v) is 3.40. The molecule has 0 rings (SSSR count). The third-order valence-corrected chi connectivity index (χ3v) is 0. The van der Waals surface area contributed by atoms with Gasteiger partial charge < -0.3 is 21.9 Å². The molecule has 0 spiro atoms. The average molecular weight is 262 g/mol. The molecule has 0 radical (unpaired) electrons. The minimum atomic E-state index is -4.67. The van der Waals surface area contributed by atoms with Crippen LogP contribution in [0.4, 0.5) is 9.59 Å². The van der Waals surface area contributed by atoms with E-state index >= 15 is 0 Å². The quantitative estimate of drug-likeness (QED) is 0.192. The summed E-state index contributed by atoms with van der Waals surface area (Å²) >= 11 is 0. The van der Waals surface area contributed by atoms with Gasteiger partial charge in [0.2, 0.25) is 0 Å². The Kier molecular flexibility index (Phi) is 22.1. The van der Waals surface area contributed by atoms with Gasteiger partial charge in [-0.2, -0.15) is 8.42 Å². The van der Waals surface area contributed by atoms with Crippen LogP contribution < -0.4 is 51.4 Å². The molecular weight excluding hydrogens is 255 g/mol. The minimum Gasteiger partial charge on any atom is -1.00 e. The predicted molar refractivity (Wildman–Crippen MR) is 36.6 cm³/mol. The predicted octanol–water partition coefficient (Wildman–Crippen LogP) is -3.09. The minimum absolute atomic E-state index is 0. The Hall–Kier alpha value is 0.0464. The van der Waals surface area contributed by atoms with E-state index in [-0.39, 0.29) is 52.8 Å². The first kappa shape index (κ1) is 23.7. The molecule has 0 aromatic rings. The van der Waals surface area contributed by atoms with Gasteiger partial charge in [-0.1, -0.05) is 0 Å². The monoisotopic (exact) mass is 262 g/mol. The van der Waals surface area contributed by atoms with Gasteiger partial charge in [-0.05, 0) is 0 Å². The van der Waals surface area contributed by atoms with E-state index in [4.69, 9.17) is 47.5 Å². The van der Waals surface area contributed by atoms with E-state index in [9.17, 15) is 0 Å². The van der Waals surface area contributed by atoms with Crippen molar-refractivity contribution in [3.05, 3.63) is 0 Å². The van der Waals surface area contributed by atoms with Crippen molar-refractivity contribution in [3.63, 3.8) is 0 Å². The summed E-state index contributed by atoms with van der Waals surface area (Å²) in [5.74, 6) is 0. The van der Waals surface area contributed by atoms with Crippen LogP contribution in [-0.2, 0) is 10.4 Å². The van der Waals surface area contributed by atoms with Gasteiger partial charge in [0.15, 0.2) is 0 Å². The molecular formula is C2H7KO10S. The Labute approximate surface area is 122 Å². The van der Waals surface area contributed by atoms with Gasteiger partial charge in [-0.15, -0.1) is 0 Å². The summed E-state index contributed by atoms with van der Waals surface area (Å²) in [6.07, 6.45) is -3.67. The first-order valence-electron chi connectivity index (χ1n) is 2.00. The summed E-state index contributed by atoms with van der Waals surface area (Å²) in [7, 11) is -4.67. The van der Waals surface area contributed by atoms with Crippen LogP contribution in [-0.4, -0.2) is 50.3 Å². The summed E-state index contributed by atoms with van der Waals surface area (Å²) in [6, 6.07) is 0. The maximum Gasteiger partial charge on any atom is 1.00 e. The maximum atomic E-state index is 8.74. The largest absolute Gasteiger partial charge is 1.00 e. The van der Waals surface area contributed by atoms with E-state index in [1.165, 1.54) is 0 Å². The number of hydrogen-bond donors (Lipinski definition) is 6. The second kappa shape index (κ2) is 13.0. The Morgan fingerprint density at radius 2 is 0.857 bits per heavy atom. The SMILES string of the molecule is O=C(O)O.O=C(O)O.O=S(=O)(O)O.[H-].[K+]. The van der Waals surface area contributed by atoms with Crippen LogP contribution in [0.1, 0.15) is 1.43 Å². The topological polar surface area (TPSA) is 190 Å². The molecule has 0 aliphatic rings. The summed E-state index contributed by atoms with van der Waals surface area (Å²) < 4.78 is 31.6. The zero-order valence-electron chi connectivity index (χ0n) is 7.72. The van der Waals surface area contributed by atoms with E-state index in [1.807, 2.05) is 0 Å². The van der Waals surface area contributed by atoms with Gasteiger partial charge >= 0.3 is 74.1 Å². The van der Waals surface area contributed by atoms with E-state index in [0.29, 0.717) is 0 Å². The van der Waals surface area contributed by atoms with Gasteiger partial charge in [0.1, 0.15) is 0 Å². The van der Waals surface area contributed by atoms with Gasteiger partial charge in [0, 0.05) is 0 Å². The first-order chi connectivity index (χ1) is 5.46. The molecule has 6 N–H and O–H groups in total. The maximum absolute atomic E-state index is 8.74. The third kappa shape index (κ3) is 684000. The molecule has 14 heavy (non-hydrogen) atoms. The van der Waals surface area contributed by atoms with Crippen molar-refractivity contribution >= 4 is 22.7 Å². The number of carboxylic acid groups (broad SMARTS) is 4. The Morgan fingerprint density at radius 1 is 0.857 bits per heavy atom. The molecule has 12 heteroatoms. The van der Waals surface area contributed by atoms with Crippen LogP contribution in [0.5, 0.6) is 0 Å². The molecule has 10 nitrogen and oxygen atoms in total. The summed E-state index contributed by atoms with van der Waals surface area (Å²) in [6.45, 7) is 0. The standard InChI is InChI=1S/2CH2O3.K.H2O4S.H/c2*2-1(3)4;;1-5(2,3)4;/h2*(H2,2,3,4);;(H2,1,2,3,4);/q;;+1;;-1. The van der Waals surface area contributed by atoms with Gasteiger partial charge in [-0.3, -0.25) is 9.11 Å². The van der Waals surface area contributed by atoms with Crippen LogP contribution in [0.25, 0.3) is 0 Å². The van der Waals surface area contributed by atoms with Crippen molar-refractivity contribution in [2.24, 2.45) is 0 Å². The van der Waals surface area contributed by atoms with E-state index in [0.717, 1.165) is 0 Å². The van der Waals surface area contributed by atoms with E-state index in [1.54, 1.807) is 0 Å². The van der Waals surface area contributed by atoms with Crippen molar-refractivity contribution in [1.29, 1.82) is 0 Å². The molecule has 0 bridgehead atoms. The van der Waals surface area contributed by atoms with Crippen LogP contribution in [0.2, 0.25) is 0 Å². The molecule has 0 fully saturated rings. The fourth-order valence-electron chi connectivity index (χ4n) is 0. The fraction of sp³-hybridized carbons (Fsp3) is 0. The molecule has 0 aliphatic heterocycles. The Balaban J connectivity index is -0.0000000315. The molecule has 0 aromatic heterocycles. The molecule has 0 heterocycles. The molecule has 82 valence electrons. The molecule has 0 unspecified atom stereocenters. The van der Waals surface area contributed by atoms with E-state index in [2.05, 4.69) is 0 Å². The zero-order valence-corrected chi connectivity index (χ0v) is 10.7. The van der Waals surface area contributed by atoms with Crippen LogP contribution in [0, 0.1) is 0 Å². The Bertz CT molecular complexity index is 218. The third-order valence-electron chi connectivity index (χ3n) is 0. The van der Waals surface area contributed by atoms with Crippen LogP contribution in [0.3, 0.4) is 0 Å². The van der Waals surface area contributed by atoms with Crippen molar-refractivity contribution in [1.82, 2.24) is 0 Å². The average Bonchev–Trinajstić information content (AvgIpc) is 1.50. The molecule has 0 aliphatic carbocycles. The molecule has 0 amide bonds. The second-order valence-corrected chi connectivity index (χ2v) is 1.91. The summed E-state index contributed by atoms with van der Waals surface area (Å²) in [4.78, 5) is 17.1. The summed E-state index contributed by atoms with van der Waals surface area (Å²) in [5.41, 5.74) is 0. The number of rotatable bonds is 0. The van der Waals surface area contributed by atoms with Crippen molar-refractivity contribution in [2.75, 3.05) is 0 Å². The van der Waals surface area contributed by atoms with Gasteiger partial charge in [0.05, 0.1) is 0 Å². The van der Waals surface area contributed by atoms with Crippen LogP contribution in [0.15, 0.2) is 0 Å². The molecule has 0 saturated heterocycles. The smallest absolute Gasteiger partial charge is 1.00 e. The van der Waals surface area contributed by atoms with Crippen molar-refractivity contribution < 1.29 is 100 Å². The molecule has 0 saturated carbocycles. The van der Waals surface area contributed by atoms with Gasteiger partial charge in [0.25, 0.3) is 0 Å². The fourth-order valence-corrected chi connectivity index (χ4v) is 0. The normalized spacial score (nSPS) is 7.57. The van der Waals surface area contributed by atoms with E-state index < -0.39 is 22.7 Å². The van der Waals surface area contributed by atoms with Crippen molar-refractivity contribution in [2.45, 2.75) is 0 Å². The molecule has 0 atom stereocenters. The number of carbonyl (C=O) groups is 2. The van der Waals surface area contributed by atoms with Crippen molar-refractivity contribution in [3.8, 4) is 0 Å². The van der Waals surface area contributed by atoms with Gasteiger partial charge in [-0.25, -0.2) is 9.59 Å². The zero-order chi connectivity index (χ0) is 11.7. The summed E-state index contributed by atoms with van der Waals surface area (Å²) in [5, 5.41) is 27.9. The number of hydrogen-bond acceptors (Lipinski definition) is 4. The second-order valence-electron chi connectivity index (χ2n) is 1.01.